The van der Waals surface area contributed by atoms with Gasteiger partial charge in [-0.25, -0.2) is 14.3 Å². The second kappa shape index (κ2) is 12.4. The lowest BCUT2D eigenvalue weighted by molar-refractivity contribution is -0.147. The monoisotopic (exact) mass is 620 g/mol. The van der Waals surface area contributed by atoms with Gasteiger partial charge in [0.1, 0.15) is 5.69 Å². The maximum atomic E-state index is 13.8. The number of benzene rings is 1. The fraction of sp³-hybridized carbons (Fsp3) is 0.346. The van der Waals surface area contributed by atoms with Gasteiger partial charge >= 0.3 is 6.18 Å². The average molecular weight is 621 g/mol. The second-order valence-electron chi connectivity index (χ2n) is 10.0. The predicted octanol–water partition coefficient (Wildman–Crippen LogP) is 3.15. The van der Waals surface area contributed by atoms with Crippen LogP contribution in [0.2, 0.25) is 5.02 Å². The molecule has 228 valence electrons. The van der Waals surface area contributed by atoms with Gasteiger partial charge in [-0.15, -0.1) is 5.10 Å². The summed E-state index contributed by atoms with van der Waals surface area (Å²) in [5.41, 5.74) is 6.57. The van der Waals surface area contributed by atoms with Crippen LogP contribution < -0.4 is 16.4 Å². The molecule has 0 saturated carbocycles. The zero-order valence-electron chi connectivity index (χ0n) is 23.5. The van der Waals surface area contributed by atoms with Gasteiger partial charge in [0.15, 0.2) is 5.82 Å². The van der Waals surface area contributed by atoms with E-state index in [-0.39, 0.29) is 46.6 Å². The van der Waals surface area contributed by atoms with Gasteiger partial charge in [-0.05, 0) is 66.6 Å². The highest BCUT2D eigenvalue weighted by atomic mass is 35.5. The summed E-state index contributed by atoms with van der Waals surface area (Å²) in [7, 11) is 1.52. The van der Waals surface area contributed by atoms with Crippen molar-refractivity contribution in [2.24, 2.45) is 5.73 Å². The van der Waals surface area contributed by atoms with Crippen LogP contribution in [0.1, 0.15) is 57.3 Å². The summed E-state index contributed by atoms with van der Waals surface area (Å²) >= 11 is 6.33. The smallest absolute Gasteiger partial charge is 0.377 e. The number of nitrogens with zero attached hydrogens (tertiary/aromatic N) is 7. The molecule has 0 atom stereocenters. The van der Waals surface area contributed by atoms with Crippen LogP contribution in [0.3, 0.4) is 0 Å². The number of tetrazole rings is 1. The molecule has 17 heteroatoms. The number of rotatable bonds is 10. The molecule has 0 aliphatic carbocycles. The molecule has 0 spiro atoms. The maximum Gasteiger partial charge on any atom is 0.453 e. The standard InChI is InChI=1S/C26H28ClF3N10O3/c1-14-8-15(11-31)9-17(22(41)33-13-25(2,3)43-4)20(14)34-23(42)19-10-16(12-39-24(26(28,29)30)35-37-38-39)36-40(19)21-18(27)6-5-7-32-21/h5-10H,11-13,31H2,1-4H3,(H,33,41)(H,34,42). The Labute approximate surface area is 248 Å². The Bertz CT molecular complexity index is 1650. The minimum atomic E-state index is -4.82. The molecule has 0 saturated heterocycles. The van der Waals surface area contributed by atoms with Gasteiger partial charge in [0.05, 0.1) is 34.1 Å². The Morgan fingerprint density at radius 2 is 1.91 bits per heavy atom. The zero-order chi connectivity index (χ0) is 31.5. The van der Waals surface area contributed by atoms with Crippen LogP contribution in [0.4, 0.5) is 18.9 Å². The Morgan fingerprint density at radius 1 is 1.16 bits per heavy atom. The van der Waals surface area contributed by atoms with E-state index in [0.29, 0.717) is 15.8 Å². The molecule has 0 bridgehead atoms. The first-order valence-electron chi connectivity index (χ1n) is 12.8. The zero-order valence-corrected chi connectivity index (χ0v) is 24.3. The quantitative estimate of drug-likeness (QED) is 0.241. The highest BCUT2D eigenvalue weighted by Crippen LogP contribution is 2.28. The van der Waals surface area contributed by atoms with Gasteiger partial charge < -0.3 is 21.1 Å². The van der Waals surface area contributed by atoms with Gasteiger partial charge in [0.2, 0.25) is 0 Å². The SMILES string of the molecule is COC(C)(C)CNC(=O)c1cc(CN)cc(C)c1NC(=O)c1cc(Cn2nnnc2C(F)(F)F)nn1-c1ncccc1Cl. The largest absolute Gasteiger partial charge is 0.453 e. The molecule has 4 rings (SSSR count). The lowest BCUT2D eigenvalue weighted by Gasteiger charge is -2.24. The minimum Gasteiger partial charge on any atom is -0.377 e. The summed E-state index contributed by atoms with van der Waals surface area (Å²) in [6.07, 6.45) is -3.41. The van der Waals surface area contributed by atoms with Gasteiger partial charge in [-0.2, -0.15) is 18.3 Å². The van der Waals surface area contributed by atoms with Crippen molar-refractivity contribution in [2.75, 3.05) is 19.0 Å². The summed E-state index contributed by atoms with van der Waals surface area (Å²) in [6.45, 7) is 5.08. The minimum absolute atomic E-state index is 0.000338. The van der Waals surface area contributed by atoms with Crippen LogP contribution in [-0.4, -0.2) is 66.0 Å². The molecule has 0 fully saturated rings. The fourth-order valence-electron chi connectivity index (χ4n) is 3.99. The van der Waals surface area contributed by atoms with Gasteiger partial charge in [-0.3, -0.25) is 9.59 Å². The third-order valence-corrected chi connectivity index (χ3v) is 6.67. The Balaban J connectivity index is 1.74. The third-order valence-electron chi connectivity index (χ3n) is 6.37. The van der Waals surface area contributed by atoms with E-state index in [1.165, 1.54) is 25.4 Å². The number of carbonyl (C=O) groups is 2. The predicted molar refractivity (Wildman–Crippen MR) is 149 cm³/mol. The normalized spacial score (nSPS) is 11.9. The van der Waals surface area contributed by atoms with Crippen molar-refractivity contribution in [3.05, 3.63) is 75.5 Å². The van der Waals surface area contributed by atoms with Crippen molar-refractivity contribution < 1.29 is 27.5 Å². The molecule has 3 heterocycles. The summed E-state index contributed by atoms with van der Waals surface area (Å²) < 4.78 is 47.1. The number of hydrogen-bond acceptors (Lipinski definition) is 9. The summed E-state index contributed by atoms with van der Waals surface area (Å²) in [5, 5.41) is 19.5. The second-order valence-corrected chi connectivity index (χ2v) is 10.4. The first-order valence-corrected chi connectivity index (χ1v) is 13.1. The first kappa shape index (κ1) is 31.5. The van der Waals surface area contributed by atoms with E-state index >= 15 is 0 Å². The fourth-order valence-corrected chi connectivity index (χ4v) is 4.20. The Hall–Kier alpha value is -4.41. The molecular formula is C26H28ClF3N10O3. The van der Waals surface area contributed by atoms with Crippen molar-refractivity contribution in [3.8, 4) is 5.82 Å². The Morgan fingerprint density at radius 3 is 2.56 bits per heavy atom. The van der Waals surface area contributed by atoms with E-state index in [4.69, 9.17) is 22.1 Å². The number of amides is 2. The number of ether oxygens (including phenoxy) is 1. The van der Waals surface area contributed by atoms with Gasteiger partial charge in [0.25, 0.3) is 17.6 Å². The first-order chi connectivity index (χ1) is 20.2. The van der Waals surface area contributed by atoms with E-state index < -0.39 is 36.0 Å². The van der Waals surface area contributed by atoms with E-state index in [9.17, 15) is 22.8 Å². The Kier molecular flexibility index (Phi) is 9.12. The molecule has 2 amide bonds. The van der Waals surface area contributed by atoms with E-state index in [2.05, 4.69) is 36.2 Å². The van der Waals surface area contributed by atoms with E-state index in [1.54, 1.807) is 39.0 Å². The number of anilines is 1. The van der Waals surface area contributed by atoms with Crippen molar-refractivity contribution >= 4 is 29.1 Å². The summed E-state index contributed by atoms with van der Waals surface area (Å²) in [6, 6.07) is 7.61. The molecule has 0 aliphatic heterocycles. The highest BCUT2D eigenvalue weighted by molar-refractivity contribution is 6.32. The topological polar surface area (TPSA) is 168 Å². The molecule has 0 unspecified atom stereocenters. The number of pyridine rings is 1. The van der Waals surface area contributed by atoms with Crippen LogP contribution in [0.25, 0.3) is 5.82 Å². The molecule has 4 aromatic rings. The molecule has 13 nitrogen and oxygen atoms in total. The molecular weight excluding hydrogens is 593 g/mol. The van der Waals surface area contributed by atoms with Crippen molar-refractivity contribution in [2.45, 2.75) is 45.6 Å². The van der Waals surface area contributed by atoms with Crippen LogP contribution in [-0.2, 0) is 24.0 Å². The molecule has 0 radical (unpaired) electrons. The van der Waals surface area contributed by atoms with E-state index in [1.807, 2.05) is 0 Å². The molecule has 43 heavy (non-hydrogen) atoms. The molecule has 3 aromatic heterocycles. The van der Waals surface area contributed by atoms with Crippen LogP contribution >= 0.6 is 11.6 Å². The molecule has 0 aliphatic rings. The van der Waals surface area contributed by atoms with Crippen molar-refractivity contribution in [3.63, 3.8) is 0 Å². The maximum absolute atomic E-state index is 13.8. The van der Waals surface area contributed by atoms with Gasteiger partial charge in [0, 0.05) is 26.4 Å². The number of hydrogen-bond donors (Lipinski definition) is 3. The molecule has 1 aromatic carbocycles. The highest BCUT2D eigenvalue weighted by Gasteiger charge is 2.38. The van der Waals surface area contributed by atoms with Crippen LogP contribution in [0, 0.1) is 6.92 Å². The van der Waals surface area contributed by atoms with Gasteiger partial charge in [-0.1, -0.05) is 17.7 Å². The summed E-state index contributed by atoms with van der Waals surface area (Å²) in [4.78, 5) is 31.2. The lowest BCUT2D eigenvalue weighted by atomic mass is 10.0. The number of alkyl halides is 3. The third kappa shape index (κ3) is 7.15. The number of nitrogens with two attached hydrogens (primary N) is 1. The van der Waals surface area contributed by atoms with E-state index in [0.717, 1.165) is 4.68 Å². The van der Waals surface area contributed by atoms with Crippen LogP contribution in [0.5, 0.6) is 0 Å². The number of nitrogens with one attached hydrogen (secondary N) is 2. The summed E-state index contributed by atoms with van der Waals surface area (Å²) in [5.74, 6) is -2.53. The number of aryl methyl sites for hydroxylation is 1. The van der Waals surface area contributed by atoms with Crippen LogP contribution in [0.15, 0.2) is 36.5 Å². The lowest BCUT2D eigenvalue weighted by Crippen LogP contribution is -2.40. The number of halogens is 4. The number of carbonyl (C=O) groups excluding carboxylic acids is 2. The average Bonchev–Trinajstić information content (AvgIpc) is 3.60. The number of methoxy groups -OCH3 is 1. The molecule has 4 N–H and O–H groups in total. The number of aromatic nitrogens is 7. The van der Waals surface area contributed by atoms with Crippen molar-refractivity contribution in [1.29, 1.82) is 0 Å². The van der Waals surface area contributed by atoms with Crippen molar-refractivity contribution in [1.82, 2.24) is 40.3 Å².